The van der Waals surface area contributed by atoms with E-state index in [9.17, 15) is 0 Å². The summed E-state index contributed by atoms with van der Waals surface area (Å²) in [6, 6.07) is 12.9. The van der Waals surface area contributed by atoms with Crippen molar-refractivity contribution in [2.75, 3.05) is 25.4 Å². The largest absolute Gasteiger partial charge is 0.397 e. The molecule has 1 aliphatic rings. The van der Waals surface area contributed by atoms with Gasteiger partial charge in [-0.1, -0.05) is 31.2 Å². The molecule has 3 heterocycles. The Kier molecular flexibility index (Phi) is 3.54. The second-order valence-corrected chi connectivity index (χ2v) is 6.35. The third-order valence-electron chi connectivity index (χ3n) is 4.98. The molecule has 2 N–H and O–H groups in total. The Hall–Kier alpha value is -2.33. The molecular formula is C19H22N4. The van der Waals surface area contributed by atoms with Crippen LogP contribution in [0.1, 0.15) is 24.8 Å². The summed E-state index contributed by atoms with van der Waals surface area (Å²) in [6.07, 6.45) is 5.04. The summed E-state index contributed by atoms with van der Waals surface area (Å²) in [5.41, 5.74) is 11.6. The summed E-state index contributed by atoms with van der Waals surface area (Å²) < 4.78 is 1.84. The van der Waals surface area contributed by atoms with E-state index >= 15 is 0 Å². The van der Waals surface area contributed by atoms with E-state index in [0.29, 0.717) is 5.92 Å². The number of hydrogen-bond acceptors (Lipinski definition) is 3. The lowest BCUT2D eigenvalue weighted by molar-refractivity contribution is 0.354. The second-order valence-electron chi connectivity index (χ2n) is 6.35. The van der Waals surface area contributed by atoms with Gasteiger partial charge in [0.05, 0.1) is 11.2 Å². The highest BCUT2D eigenvalue weighted by atomic mass is 15.2. The fraction of sp³-hybridized carbons (Fsp3) is 0.316. The highest BCUT2D eigenvalue weighted by Gasteiger charge is 2.22. The van der Waals surface area contributed by atoms with Crippen LogP contribution in [0, 0.1) is 0 Å². The third-order valence-corrected chi connectivity index (χ3v) is 4.98. The van der Waals surface area contributed by atoms with Crippen LogP contribution in [0.4, 0.5) is 5.69 Å². The Bertz CT molecular complexity index is 819. The molecule has 1 fully saturated rings. The number of aromatic nitrogens is 2. The van der Waals surface area contributed by atoms with Crippen molar-refractivity contribution in [2.45, 2.75) is 19.3 Å². The molecule has 2 aromatic heterocycles. The number of nitrogens with two attached hydrogens (primary N) is 1. The molecule has 0 saturated carbocycles. The Balaban J connectivity index is 1.61. The lowest BCUT2D eigenvalue weighted by Crippen LogP contribution is -2.19. The zero-order chi connectivity index (χ0) is 15.8. The summed E-state index contributed by atoms with van der Waals surface area (Å²) in [6.45, 7) is 5.80. The van der Waals surface area contributed by atoms with Crippen LogP contribution < -0.4 is 5.73 Å². The molecule has 23 heavy (non-hydrogen) atoms. The average molecular weight is 306 g/mol. The number of benzene rings is 1. The summed E-state index contributed by atoms with van der Waals surface area (Å²) in [4.78, 5) is 2.52. The third kappa shape index (κ3) is 2.59. The van der Waals surface area contributed by atoms with Crippen molar-refractivity contribution in [1.82, 2.24) is 14.5 Å². The van der Waals surface area contributed by atoms with Crippen molar-refractivity contribution < 1.29 is 0 Å². The topological polar surface area (TPSA) is 46.6 Å². The van der Waals surface area contributed by atoms with E-state index in [1.807, 2.05) is 16.8 Å². The Morgan fingerprint density at radius 1 is 1.17 bits per heavy atom. The van der Waals surface area contributed by atoms with Crippen LogP contribution in [0.2, 0.25) is 0 Å². The molecule has 1 aliphatic heterocycles. The maximum absolute atomic E-state index is 6.02. The molecular weight excluding hydrogens is 284 g/mol. The quantitative estimate of drug-likeness (QED) is 0.807. The van der Waals surface area contributed by atoms with Crippen LogP contribution in [0.15, 0.2) is 48.8 Å². The Morgan fingerprint density at radius 2 is 2.00 bits per heavy atom. The summed E-state index contributed by atoms with van der Waals surface area (Å²) in [7, 11) is 0. The first-order valence-corrected chi connectivity index (χ1v) is 8.30. The van der Waals surface area contributed by atoms with E-state index in [2.05, 4.69) is 47.3 Å². The van der Waals surface area contributed by atoms with Gasteiger partial charge in [-0.2, -0.15) is 5.10 Å². The SMILES string of the molecule is CCN1CCC(c2ccc(-c3cc4c(N)ccnn4c3)cc2)C1. The second kappa shape index (κ2) is 5.70. The minimum atomic E-state index is 0.675. The molecule has 1 atom stereocenters. The zero-order valence-corrected chi connectivity index (χ0v) is 13.4. The van der Waals surface area contributed by atoms with Crippen LogP contribution >= 0.6 is 0 Å². The van der Waals surface area contributed by atoms with Gasteiger partial charge in [-0.25, -0.2) is 4.52 Å². The minimum absolute atomic E-state index is 0.675. The van der Waals surface area contributed by atoms with Gasteiger partial charge in [0.25, 0.3) is 0 Å². The number of hydrogen-bond donors (Lipinski definition) is 1. The molecule has 0 bridgehead atoms. The highest BCUT2D eigenvalue weighted by Crippen LogP contribution is 2.30. The smallest absolute Gasteiger partial charge is 0.0882 e. The maximum atomic E-state index is 6.02. The van der Waals surface area contributed by atoms with Gasteiger partial charge >= 0.3 is 0 Å². The van der Waals surface area contributed by atoms with Gasteiger partial charge in [0.1, 0.15) is 0 Å². The van der Waals surface area contributed by atoms with Gasteiger partial charge in [0.15, 0.2) is 0 Å². The predicted molar refractivity (Wildman–Crippen MR) is 94.5 cm³/mol. The zero-order valence-electron chi connectivity index (χ0n) is 13.4. The van der Waals surface area contributed by atoms with E-state index in [4.69, 9.17) is 5.73 Å². The highest BCUT2D eigenvalue weighted by molar-refractivity contribution is 5.77. The van der Waals surface area contributed by atoms with Gasteiger partial charge in [0, 0.05) is 24.5 Å². The Labute approximate surface area is 136 Å². The molecule has 0 radical (unpaired) electrons. The number of anilines is 1. The number of nitrogens with zero attached hydrogens (tertiary/aromatic N) is 3. The van der Waals surface area contributed by atoms with Crippen LogP contribution in [0.5, 0.6) is 0 Å². The minimum Gasteiger partial charge on any atom is -0.397 e. The lowest BCUT2D eigenvalue weighted by atomic mass is 9.96. The van der Waals surface area contributed by atoms with E-state index < -0.39 is 0 Å². The number of rotatable bonds is 3. The lowest BCUT2D eigenvalue weighted by Gasteiger charge is -2.13. The standard InChI is InChI=1S/C19H22N4/c1-2-22-10-8-16(12-22)14-3-5-15(6-4-14)17-11-19-18(20)7-9-21-23(19)13-17/h3-7,9,11,13,16H,2,8,10,12,20H2,1H3. The fourth-order valence-electron chi connectivity index (χ4n) is 3.53. The molecule has 1 saturated heterocycles. The number of likely N-dealkylation sites (N-methyl/N-ethyl adjacent to an activating group) is 1. The van der Waals surface area contributed by atoms with Crippen LogP contribution in [0.3, 0.4) is 0 Å². The van der Waals surface area contributed by atoms with Gasteiger partial charge < -0.3 is 10.6 Å². The van der Waals surface area contributed by atoms with Gasteiger partial charge in [-0.05, 0) is 48.7 Å². The summed E-state index contributed by atoms with van der Waals surface area (Å²) in [5, 5.41) is 4.32. The molecule has 1 unspecified atom stereocenters. The monoisotopic (exact) mass is 306 g/mol. The molecule has 4 nitrogen and oxygen atoms in total. The molecule has 1 aromatic carbocycles. The number of nitrogen functional groups attached to an aromatic ring is 1. The molecule has 4 heteroatoms. The van der Waals surface area contributed by atoms with Crippen LogP contribution in [-0.4, -0.2) is 34.1 Å². The van der Waals surface area contributed by atoms with Crippen molar-refractivity contribution in [1.29, 1.82) is 0 Å². The van der Waals surface area contributed by atoms with Gasteiger partial charge in [-0.3, -0.25) is 0 Å². The fourth-order valence-corrected chi connectivity index (χ4v) is 3.53. The molecule has 3 aromatic rings. The molecule has 0 aliphatic carbocycles. The van der Waals surface area contributed by atoms with Gasteiger partial charge in [-0.15, -0.1) is 0 Å². The van der Waals surface area contributed by atoms with Crippen molar-refractivity contribution in [3.63, 3.8) is 0 Å². The molecule has 0 spiro atoms. The van der Waals surface area contributed by atoms with E-state index in [1.165, 1.54) is 30.6 Å². The van der Waals surface area contributed by atoms with Gasteiger partial charge in [0.2, 0.25) is 0 Å². The maximum Gasteiger partial charge on any atom is 0.0882 e. The number of fused-ring (bicyclic) bond motifs is 1. The average Bonchev–Trinajstić information content (AvgIpc) is 3.22. The first-order valence-electron chi connectivity index (χ1n) is 8.30. The number of likely N-dealkylation sites (tertiary alicyclic amines) is 1. The molecule has 118 valence electrons. The molecule has 4 rings (SSSR count). The van der Waals surface area contributed by atoms with Crippen LogP contribution in [0.25, 0.3) is 16.6 Å². The normalized spacial score (nSPS) is 18.7. The summed E-state index contributed by atoms with van der Waals surface area (Å²) in [5.74, 6) is 0.675. The Morgan fingerprint density at radius 3 is 2.70 bits per heavy atom. The predicted octanol–water partition coefficient (Wildman–Crippen LogP) is 3.39. The van der Waals surface area contributed by atoms with Crippen molar-refractivity contribution in [3.05, 3.63) is 54.4 Å². The van der Waals surface area contributed by atoms with Crippen molar-refractivity contribution in [3.8, 4) is 11.1 Å². The van der Waals surface area contributed by atoms with Crippen LogP contribution in [-0.2, 0) is 0 Å². The van der Waals surface area contributed by atoms with E-state index in [1.54, 1.807) is 6.20 Å². The van der Waals surface area contributed by atoms with Crippen molar-refractivity contribution in [2.24, 2.45) is 0 Å². The first-order chi connectivity index (χ1) is 11.2. The van der Waals surface area contributed by atoms with E-state index in [0.717, 1.165) is 23.3 Å². The first kappa shape index (κ1) is 14.3. The summed E-state index contributed by atoms with van der Waals surface area (Å²) >= 11 is 0. The molecule has 0 amide bonds. The van der Waals surface area contributed by atoms with E-state index in [-0.39, 0.29) is 0 Å². The van der Waals surface area contributed by atoms with Crippen molar-refractivity contribution >= 4 is 11.2 Å².